The minimum atomic E-state index is 0.844. The van der Waals surface area contributed by atoms with Gasteiger partial charge in [-0.15, -0.1) is 0 Å². The second-order valence-corrected chi connectivity index (χ2v) is 5.55. The van der Waals surface area contributed by atoms with Gasteiger partial charge in [0.15, 0.2) is 2.82 Å². The lowest BCUT2D eigenvalue weighted by Gasteiger charge is -2.23. The molecule has 2 N–H and O–H groups in total. The fraction of sp³-hybridized carbons (Fsp3) is 0. The van der Waals surface area contributed by atoms with E-state index in [-0.39, 0.29) is 0 Å². The van der Waals surface area contributed by atoms with Crippen LogP contribution >= 0.6 is 0 Å². The van der Waals surface area contributed by atoms with Gasteiger partial charge in [-0.25, -0.2) is 0 Å². The van der Waals surface area contributed by atoms with E-state index in [9.17, 15) is 0 Å². The molecule has 0 unspecified atom stereocenters. The zero-order valence-corrected chi connectivity index (χ0v) is 13.1. The van der Waals surface area contributed by atoms with Gasteiger partial charge in [-0.3, -0.25) is 0 Å². The summed E-state index contributed by atoms with van der Waals surface area (Å²) in [5.41, 5.74) is 5.97. The molecule has 0 atom stereocenters. The van der Waals surface area contributed by atoms with Gasteiger partial charge < -0.3 is 10.6 Å². The molecule has 2 nitrogen and oxygen atoms in total. The van der Waals surface area contributed by atoms with Gasteiger partial charge in [-0.05, 0) is 40.5 Å². The third-order valence-corrected chi connectivity index (χ3v) is 4.05. The Morgan fingerprint density at radius 3 is 1.96 bits per heavy atom. The maximum Gasteiger partial charge on any atom is 0.166 e. The average Bonchev–Trinajstić information content (AvgIpc) is 2.70. The predicted octanol–water partition coefficient (Wildman–Crippen LogP) is 4.60. The van der Waals surface area contributed by atoms with Crippen molar-refractivity contribution in [2.75, 3.05) is 0 Å². The fourth-order valence-corrected chi connectivity index (χ4v) is 2.95. The van der Waals surface area contributed by atoms with Gasteiger partial charge in [0.05, 0.1) is 5.70 Å². The molecular formula is C22H18N2. The Kier molecular flexibility index (Phi) is 3.29. The van der Waals surface area contributed by atoms with Crippen LogP contribution < -0.4 is 10.6 Å². The van der Waals surface area contributed by atoms with E-state index in [4.69, 9.17) is 2.82 Å². The van der Waals surface area contributed by atoms with Gasteiger partial charge in [0.25, 0.3) is 0 Å². The fourth-order valence-electron chi connectivity index (χ4n) is 2.95. The second-order valence-electron chi connectivity index (χ2n) is 5.55. The summed E-state index contributed by atoms with van der Waals surface area (Å²) in [6, 6.07) is 20.2. The maximum absolute atomic E-state index is 8.47. The van der Waals surface area contributed by atoms with E-state index in [1.165, 1.54) is 10.6 Å². The van der Waals surface area contributed by atoms with Crippen LogP contribution in [-0.2, 0) is 0 Å². The van der Waals surface area contributed by atoms with Crippen LogP contribution in [0.5, 0.6) is 0 Å². The van der Waals surface area contributed by atoms with Crippen LogP contribution in [0.2, 0.25) is 2.82 Å². The van der Waals surface area contributed by atoms with Crippen LogP contribution in [0.3, 0.4) is 0 Å². The summed E-state index contributed by atoms with van der Waals surface area (Å²) in [6.07, 6.45) is 11.0. The van der Waals surface area contributed by atoms with Gasteiger partial charge >= 0.3 is 0 Å². The first kappa shape index (κ1) is 12.2. The van der Waals surface area contributed by atoms with Gasteiger partial charge in [0.2, 0.25) is 0 Å². The smallest absolute Gasteiger partial charge is 0.166 e. The number of nitrogens with one attached hydrogen (secondary N) is 2. The molecule has 4 rings (SSSR count). The largest absolute Gasteiger partial charge is 0.368 e. The van der Waals surface area contributed by atoms with E-state index in [1.54, 1.807) is 18.6 Å². The average molecular weight is 312 g/mol. The Bertz CT molecular complexity index is 938. The maximum atomic E-state index is 8.47. The number of hydrogen-bond acceptors (Lipinski definition) is 2. The van der Waals surface area contributed by atoms with Crippen LogP contribution in [0.15, 0.2) is 109 Å². The van der Waals surface area contributed by atoms with E-state index < -0.39 is 0 Å². The Hall–Kier alpha value is -3.26. The Morgan fingerprint density at radius 2 is 1.29 bits per heavy atom. The molecule has 2 heteroatoms. The molecule has 24 heavy (non-hydrogen) atoms. The lowest BCUT2D eigenvalue weighted by Crippen LogP contribution is -2.13. The topological polar surface area (TPSA) is 24.1 Å². The third-order valence-electron chi connectivity index (χ3n) is 4.05. The van der Waals surface area contributed by atoms with E-state index in [1.807, 2.05) is 66.8 Å². The quantitative estimate of drug-likeness (QED) is 0.847. The first-order valence-corrected chi connectivity index (χ1v) is 7.94. The molecule has 0 amide bonds. The van der Waals surface area contributed by atoms with Crippen molar-refractivity contribution < 1.29 is 2.82 Å². The monoisotopic (exact) mass is 312 g/mol. The molecular weight excluding hydrogens is 292 g/mol. The molecule has 0 aliphatic carbocycles. The van der Waals surface area contributed by atoms with E-state index in [0.717, 1.165) is 33.5 Å². The first-order valence-electron chi connectivity index (χ1n) is 8.83. The number of hydrogen-bond donors (Lipinski definition) is 2. The zero-order valence-electron chi connectivity index (χ0n) is 15.1. The molecule has 2 aromatic rings. The molecule has 116 valence electrons. The highest BCUT2D eigenvalue weighted by Gasteiger charge is 2.19. The van der Waals surface area contributed by atoms with Gasteiger partial charge in [-0.1, -0.05) is 60.7 Å². The molecule has 0 radical (unpaired) electrons. The van der Waals surface area contributed by atoms with Crippen LogP contribution in [0.1, 0.15) is 11.1 Å². The highest BCUT2D eigenvalue weighted by Crippen LogP contribution is 2.36. The summed E-state index contributed by atoms with van der Waals surface area (Å²) in [6.45, 7) is 0. The molecule has 2 aromatic carbocycles. The van der Waals surface area contributed by atoms with Crippen LogP contribution in [0.25, 0.3) is 11.3 Å². The Labute approximate surface area is 145 Å². The lowest BCUT2D eigenvalue weighted by atomic mass is 9.88. The minimum absolute atomic E-state index is 0.844. The standard InChI is InChI=1S/C22H18N2/c1-3-7-18(8-4-1)21-20(17-11-14-23-15-12-17)13-16-24-22(21)19-9-5-2-6-10-19/h1-16,23-24H/i/hD2. The minimum Gasteiger partial charge on any atom is -0.368 e. The molecule has 0 spiro atoms. The summed E-state index contributed by atoms with van der Waals surface area (Å²) in [5, 5.41) is 2.70. The van der Waals surface area contributed by atoms with Crippen molar-refractivity contribution in [3.63, 3.8) is 0 Å². The van der Waals surface area contributed by atoms with E-state index >= 15 is 0 Å². The molecule has 0 bridgehead atoms. The van der Waals surface area contributed by atoms with Crippen molar-refractivity contribution in [3.8, 4) is 0 Å². The highest BCUT2D eigenvalue weighted by atomic mass is 14.9. The summed E-state index contributed by atoms with van der Waals surface area (Å²) in [4.78, 5) is 0. The summed E-state index contributed by atoms with van der Waals surface area (Å²) in [7, 11) is 0. The summed E-state index contributed by atoms with van der Waals surface area (Å²) < 4.78 is 16.1. The van der Waals surface area contributed by atoms with Crippen molar-refractivity contribution in [3.05, 3.63) is 120 Å². The molecule has 2 aliphatic rings. The third kappa shape index (κ3) is 2.70. The van der Waals surface area contributed by atoms with Crippen LogP contribution in [0, 0.1) is 0 Å². The number of allylic oxidation sites excluding steroid dienone is 6. The zero-order chi connectivity index (χ0) is 17.9. The first-order chi connectivity index (χ1) is 12.7. The van der Waals surface area contributed by atoms with E-state index in [2.05, 4.69) is 12.1 Å². The van der Waals surface area contributed by atoms with Gasteiger partial charge in [0.1, 0.15) is 0 Å². The lowest BCUT2D eigenvalue weighted by molar-refractivity contribution is 1.15. The number of rotatable bonds is 2. The van der Waals surface area contributed by atoms with Gasteiger partial charge in [0, 0.05) is 24.2 Å². The SMILES string of the molecule is [2H]N1C=CC(=C2C=CN([2H])C(c3ccccc3)=C2c2ccccc2)C=C1. The molecule has 0 saturated heterocycles. The highest BCUT2D eigenvalue weighted by molar-refractivity contribution is 6.01. The van der Waals surface area contributed by atoms with Crippen LogP contribution in [0.4, 0.5) is 0 Å². The van der Waals surface area contributed by atoms with Gasteiger partial charge in [-0.2, -0.15) is 0 Å². The van der Waals surface area contributed by atoms with Crippen molar-refractivity contribution in [1.29, 1.82) is 0 Å². The van der Waals surface area contributed by atoms with E-state index in [0.29, 0.717) is 0 Å². The van der Waals surface area contributed by atoms with Crippen LogP contribution in [-0.4, -0.2) is 0 Å². The molecule has 0 fully saturated rings. The molecule has 0 saturated carbocycles. The second kappa shape index (κ2) is 6.47. The van der Waals surface area contributed by atoms with Crippen molar-refractivity contribution in [2.24, 2.45) is 0 Å². The van der Waals surface area contributed by atoms with Crippen molar-refractivity contribution >= 4 is 11.3 Å². The van der Waals surface area contributed by atoms with Crippen molar-refractivity contribution in [2.45, 2.75) is 0 Å². The Balaban J connectivity index is 2.00. The van der Waals surface area contributed by atoms with Crippen molar-refractivity contribution in [1.82, 2.24) is 10.6 Å². The predicted molar refractivity (Wildman–Crippen MR) is 100 cm³/mol. The molecule has 0 aromatic heterocycles. The Morgan fingerprint density at radius 1 is 0.667 bits per heavy atom. The normalized spacial score (nSPS) is 18.2. The molecule has 2 aliphatic heterocycles. The molecule has 2 heterocycles. The number of benzene rings is 2. The number of dihydropyridines is 2. The summed E-state index contributed by atoms with van der Waals surface area (Å²) in [5.74, 6) is 0. The summed E-state index contributed by atoms with van der Waals surface area (Å²) >= 11 is 0.